The maximum absolute atomic E-state index is 13.4. The highest BCUT2D eigenvalue weighted by Crippen LogP contribution is 2.28. The molecule has 1 atom stereocenters. The number of halogens is 3. The molecule has 0 aliphatic rings. The molecule has 1 unspecified atom stereocenters. The van der Waals surface area contributed by atoms with Gasteiger partial charge in [0.2, 0.25) is 0 Å². The summed E-state index contributed by atoms with van der Waals surface area (Å²) in [5.41, 5.74) is 1.10. The van der Waals surface area contributed by atoms with Crippen LogP contribution < -0.4 is 5.32 Å². The molecule has 1 aromatic carbocycles. The molecule has 0 aliphatic carbocycles. The van der Waals surface area contributed by atoms with Crippen LogP contribution in [-0.4, -0.2) is 0 Å². The van der Waals surface area contributed by atoms with Crippen molar-refractivity contribution in [1.82, 2.24) is 0 Å². The molecule has 0 bridgehead atoms. The van der Waals surface area contributed by atoms with E-state index >= 15 is 0 Å². The molecule has 1 nitrogen and oxygen atoms in total. The SMILES string of the molecule is CC(Nc1cc(F)ccc1F)c1csc(Cl)c1. The minimum absolute atomic E-state index is 0.130. The first-order chi connectivity index (χ1) is 8.06. The van der Waals surface area contributed by atoms with Crippen molar-refractivity contribution < 1.29 is 8.78 Å². The monoisotopic (exact) mass is 273 g/mol. The van der Waals surface area contributed by atoms with E-state index in [1.54, 1.807) is 6.07 Å². The van der Waals surface area contributed by atoms with Crippen molar-refractivity contribution in [2.24, 2.45) is 0 Å². The van der Waals surface area contributed by atoms with Gasteiger partial charge in [0, 0.05) is 6.04 Å². The Kier molecular flexibility index (Phi) is 3.64. The topological polar surface area (TPSA) is 12.0 Å². The van der Waals surface area contributed by atoms with Crippen LogP contribution in [0.25, 0.3) is 0 Å². The number of benzene rings is 1. The summed E-state index contributed by atoms with van der Waals surface area (Å²) in [5.74, 6) is -0.941. The zero-order chi connectivity index (χ0) is 12.4. The molecule has 90 valence electrons. The lowest BCUT2D eigenvalue weighted by Gasteiger charge is -2.14. The number of rotatable bonds is 3. The molecular weight excluding hydrogens is 264 g/mol. The van der Waals surface area contributed by atoms with Crippen molar-refractivity contribution in [3.8, 4) is 0 Å². The first-order valence-electron chi connectivity index (χ1n) is 5.02. The Balaban J connectivity index is 2.18. The minimum Gasteiger partial charge on any atom is -0.376 e. The van der Waals surface area contributed by atoms with Gasteiger partial charge in [0.25, 0.3) is 0 Å². The predicted molar refractivity (Wildman–Crippen MR) is 67.7 cm³/mol. The molecule has 0 spiro atoms. The molecule has 0 amide bonds. The highest BCUT2D eigenvalue weighted by Gasteiger charge is 2.10. The minimum atomic E-state index is -0.473. The van der Waals surface area contributed by atoms with Gasteiger partial charge in [-0.2, -0.15) is 0 Å². The van der Waals surface area contributed by atoms with E-state index in [9.17, 15) is 8.78 Å². The normalized spacial score (nSPS) is 12.5. The van der Waals surface area contributed by atoms with Gasteiger partial charge in [-0.05, 0) is 42.1 Å². The fourth-order valence-electron chi connectivity index (χ4n) is 1.48. The summed E-state index contributed by atoms with van der Waals surface area (Å²) in [5, 5.41) is 4.80. The van der Waals surface area contributed by atoms with Crippen molar-refractivity contribution in [1.29, 1.82) is 0 Å². The van der Waals surface area contributed by atoms with Gasteiger partial charge in [-0.3, -0.25) is 0 Å². The van der Waals surface area contributed by atoms with Gasteiger partial charge in [0.15, 0.2) is 0 Å². The van der Waals surface area contributed by atoms with Gasteiger partial charge in [-0.25, -0.2) is 8.78 Å². The number of anilines is 1. The first-order valence-corrected chi connectivity index (χ1v) is 6.27. The summed E-state index contributed by atoms with van der Waals surface area (Å²) in [6.07, 6.45) is 0. The molecule has 17 heavy (non-hydrogen) atoms. The van der Waals surface area contributed by atoms with Crippen LogP contribution in [-0.2, 0) is 0 Å². The number of nitrogens with one attached hydrogen (secondary N) is 1. The lowest BCUT2D eigenvalue weighted by Crippen LogP contribution is -2.07. The third-order valence-electron chi connectivity index (χ3n) is 2.39. The molecule has 0 fully saturated rings. The van der Waals surface area contributed by atoms with Gasteiger partial charge >= 0.3 is 0 Å². The van der Waals surface area contributed by atoms with Crippen LogP contribution in [0, 0.1) is 11.6 Å². The van der Waals surface area contributed by atoms with Crippen LogP contribution in [0.3, 0.4) is 0 Å². The largest absolute Gasteiger partial charge is 0.376 e. The highest BCUT2D eigenvalue weighted by atomic mass is 35.5. The summed E-state index contributed by atoms with van der Waals surface area (Å²) in [6.45, 7) is 1.86. The van der Waals surface area contributed by atoms with Crippen LogP contribution in [0.1, 0.15) is 18.5 Å². The molecular formula is C12H10ClF2NS. The first kappa shape index (κ1) is 12.3. The summed E-state index contributed by atoms with van der Waals surface area (Å²) in [6, 6.07) is 5.01. The molecule has 2 rings (SSSR count). The Hall–Kier alpha value is -1.13. The second-order valence-electron chi connectivity index (χ2n) is 3.67. The molecule has 1 N–H and O–H groups in total. The zero-order valence-corrected chi connectivity index (χ0v) is 10.6. The van der Waals surface area contributed by atoms with E-state index in [1.807, 2.05) is 12.3 Å². The Bertz CT molecular complexity index is 527. The van der Waals surface area contributed by atoms with E-state index in [2.05, 4.69) is 5.32 Å². The van der Waals surface area contributed by atoms with E-state index in [0.717, 1.165) is 23.8 Å². The van der Waals surface area contributed by atoms with Gasteiger partial charge in [-0.1, -0.05) is 11.6 Å². The Labute approximate surface area is 107 Å². The van der Waals surface area contributed by atoms with Crippen molar-refractivity contribution in [3.63, 3.8) is 0 Å². The van der Waals surface area contributed by atoms with Crippen molar-refractivity contribution in [2.75, 3.05) is 5.32 Å². The molecule has 0 aliphatic heterocycles. The molecule has 2 aromatic rings. The van der Waals surface area contributed by atoms with Crippen LogP contribution in [0.15, 0.2) is 29.6 Å². The number of hydrogen-bond donors (Lipinski definition) is 1. The molecule has 0 saturated carbocycles. The van der Waals surface area contributed by atoms with E-state index < -0.39 is 11.6 Å². The third kappa shape index (κ3) is 2.96. The quantitative estimate of drug-likeness (QED) is 0.843. The maximum Gasteiger partial charge on any atom is 0.146 e. The van der Waals surface area contributed by atoms with Crippen molar-refractivity contribution in [2.45, 2.75) is 13.0 Å². The predicted octanol–water partition coefficient (Wildman–Crippen LogP) is 4.85. The Morgan fingerprint density at radius 2 is 2.06 bits per heavy atom. The van der Waals surface area contributed by atoms with Crippen LogP contribution in [0.5, 0.6) is 0 Å². The van der Waals surface area contributed by atoms with Gasteiger partial charge in [0.1, 0.15) is 11.6 Å². The van der Waals surface area contributed by atoms with E-state index in [1.165, 1.54) is 11.3 Å². The number of thiophene rings is 1. The fraction of sp³-hybridized carbons (Fsp3) is 0.167. The summed E-state index contributed by atoms with van der Waals surface area (Å²) < 4.78 is 27.1. The van der Waals surface area contributed by atoms with Gasteiger partial charge < -0.3 is 5.32 Å². The van der Waals surface area contributed by atoms with Gasteiger partial charge in [-0.15, -0.1) is 11.3 Å². The fourth-order valence-corrected chi connectivity index (χ4v) is 2.46. The third-order valence-corrected chi connectivity index (χ3v) is 3.50. The molecule has 0 radical (unpaired) electrons. The average Bonchev–Trinajstić information content (AvgIpc) is 2.70. The van der Waals surface area contributed by atoms with E-state index in [-0.39, 0.29) is 11.7 Å². The van der Waals surface area contributed by atoms with Crippen LogP contribution >= 0.6 is 22.9 Å². The average molecular weight is 274 g/mol. The Morgan fingerprint density at radius 3 is 2.71 bits per heavy atom. The molecule has 1 heterocycles. The summed E-state index contributed by atoms with van der Waals surface area (Å²) in [7, 11) is 0. The van der Waals surface area contributed by atoms with Crippen molar-refractivity contribution in [3.05, 3.63) is 51.2 Å². The maximum atomic E-state index is 13.4. The second-order valence-corrected chi connectivity index (χ2v) is 5.22. The lowest BCUT2D eigenvalue weighted by atomic mass is 10.1. The summed E-state index contributed by atoms with van der Waals surface area (Å²) >= 11 is 7.23. The standard InChI is InChI=1S/C12H10ClF2NS/c1-7(8-4-12(13)17-6-8)16-11-5-9(14)2-3-10(11)15/h2-7,16H,1H3. The molecule has 5 heteroatoms. The van der Waals surface area contributed by atoms with E-state index in [0.29, 0.717) is 4.34 Å². The second kappa shape index (κ2) is 5.02. The number of hydrogen-bond acceptors (Lipinski definition) is 2. The smallest absolute Gasteiger partial charge is 0.146 e. The molecule has 0 saturated heterocycles. The summed E-state index contributed by atoms with van der Waals surface area (Å²) in [4.78, 5) is 0. The Morgan fingerprint density at radius 1 is 1.29 bits per heavy atom. The van der Waals surface area contributed by atoms with Crippen LogP contribution in [0.2, 0.25) is 4.34 Å². The lowest BCUT2D eigenvalue weighted by molar-refractivity contribution is 0.600. The van der Waals surface area contributed by atoms with Crippen molar-refractivity contribution >= 4 is 28.6 Å². The highest BCUT2D eigenvalue weighted by molar-refractivity contribution is 7.14. The zero-order valence-electron chi connectivity index (χ0n) is 9.01. The molecule has 1 aromatic heterocycles. The van der Waals surface area contributed by atoms with Gasteiger partial charge in [0.05, 0.1) is 10.0 Å². The van der Waals surface area contributed by atoms with E-state index in [4.69, 9.17) is 11.6 Å². The van der Waals surface area contributed by atoms with Crippen LogP contribution in [0.4, 0.5) is 14.5 Å².